The van der Waals surface area contributed by atoms with Crippen LogP contribution < -0.4 is 31.3 Å². The lowest BCUT2D eigenvalue weighted by Gasteiger charge is -2.56. The van der Waals surface area contributed by atoms with Gasteiger partial charge in [0.15, 0.2) is 0 Å². The first-order valence-corrected chi connectivity index (χ1v) is 29.4. The van der Waals surface area contributed by atoms with Gasteiger partial charge in [-0.1, -0.05) is 188 Å². The molecule has 8 aromatic rings. The van der Waals surface area contributed by atoms with Crippen molar-refractivity contribution in [1.82, 2.24) is 0 Å². The summed E-state index contributed by atoms with van der Waals surface area (Å²) < 4.78 is 7.99. The summed E-state index contributed by atoms with van der Waals surface area (Å²) >= 11 is 0. The molecule has 4 nitrogen and oxygen atoms in total. The average molecular weight is 1020 g/mol. The summed E-state index contributed by atoms with van der Waals surface area (Å²) in [5, 5.41) is 0. The van der Waals surface area contributed by atoms with Gasteiger partial charge in [0.05, 0.1) is 28.4 Å². The highest BCUT2D eigenvalue weighted by Crippen LogP contribution is 2.65. The Balaban J connectivity index is 1.19. The molecule has 0 N–H and O–H groups in total. The normalized spacial score (nSPS) is 20.9. The van der Waals surface area contributed by atoms with Gasteiger partial charge in [-0.2, -0.15) is 0 Å². The first-order valence-electron chi connectivity index (χ1n) is 29.4. The summed E-state index contributed by atoms with van der Waals surface area (Å²) in [6.07, 6.45) is 6.69. The summed E-state index contributed by atoms with van der Waals surface area (Å²) in [7, 11) is 0. The van der Waals surface area contributed by atoms with E-state index in [1.54, 1.807) is 11.1 Å². The first-order chi connectivity index (χ1) is 36.9. The first kappa shape index (κ1) is 49.6. The van der Waals surface area contributed by atoms with Crippen molar-refractivity contribution in [2.75, 3.05) is 14.7 Å². The number of anilines is 9. The third-order valence-electron chi connectivity index (χ3n) is 20.5. The van der Waals surface area contributed by atoms with Crippen LogP contribution in [0.3, 0.4) is 0 Å². The lowest BCUT2D eigenvalue weighted by Crippen LogP contribution is -2.63. The molecule has 1 atom stereocenters. The molecule has 0 spiro atoms. The summed E-state index contributed by atoms with van der Waals surface area (Å²) in [6.45, 7) is 34.5. The smallest absolute Gasteiger partial charge is 0.297 e. The fourth-order valence-electron chi connectivity index (χ4n) is 15.8. The number of nitrogens with zero attached hydrogens (tertiary/aromatic N) is 3. The monoisotopic (exact) mass is 1020 g/mol. The van der Waals surface area contributed by atoms with Crippen LogP contribution in [0.4, 0.5) is 51.2 Å². The van der Waals surface area contributed by atoms with Crippen LogP contribution in [0.2, 0.25) is 0 Å². The molecule has 0 radical (unpaired) electrons. The molecule has 3 aliphatic carbocycles. The maximum Gasteiger partial charge on any atom is 0.297 e. The minimum atomic E-state index is -0.217. The molecule has 0 fully saturated rings. The molecule has 4 heterocycles. The number of fused-ring (bicyclic) bond motifs is 11. The zero-order valence-electron chi connectivity index (χ0n) is 48.9. The Labute approximate surface area is 466 Å². The van der Waals surface area contributed by atoms with E-state index in [1.807, 2.05) is 0 Å². The lowest BCUT2D eigenvalue weighted by atomic mass is 9.34. The highest BCUT2D eigenvalue weighted by molar-refractivity contribution is 6.99. The fourth-order valence-corrected chi connectivity index (χ4v) is 15.8. The minimum Gasteiger partial charge on any atom is -0.472 e. The van der Waals surface area contributed by atoms with E-state index in [-0.39, 0.29) is 44.6 Å². The predicted octanol–water partition coefficient (Wildman–Crippen LogP) is 18.2. The van der Waals surface area contributed by atoms with Crippen molar-refractivity contribution in [3.63, 3.8) is 0 Å². The van der Waals surface area contributed by atoms with Gasteiger partial charge in [-0.15, -0.1) is 0 Å². The van der Waals surface area contributed by atoms with E-state index >= 15 is 0 Å². The third-order valence-corrected chi connectivity index (χ3v) is 20.5. The van der Waals surface area contributed by atoms with Crippen LogP contribution in [-0.2, 0) is 37.9 Å². The zero-order chi connectivity index (χ0) is 54.4. The second-order valence-electron chi connectivity index (χ2n) is 28.9. The number of hydrogen-bond donors (Lipinski definition) is 0. The fraction of sp³-hybridized carbons (Fsp3) is 0.370. The molecule has 394 valence electrons. The maximum atomic E-state index is 7.99. The molecule has 5 heteroatoms. The van der Waals surface area contributed by atoms with Gasteiger partial charge in [-0.25, -0.2) is 0 Å². The maximum absolute atomic E-state index is 7.99. The van der Waals surface area contributed by atoms with Crippen molar-refractivity contribution < 1.29 is 4.42 Å². The van der Waals surface area contributed by atoms with E-state index in [0.717, 1.165) is 60.6 Å². The van der Waals surface area contributed by atoms with Gasteiger partial charge in [0.2, 0.25) is 0 Å². The minimum absolute atomic E-state index is 0.00985. The highest BCUT2D eigenvalue weighted by Gasteiger charge is 2.58. The number of benzene rings is 7. The van der Waals surface area contributed by atoms with Gasteiger partial charge in [-0.05, 0) is 170 Å². The van der Waals surface area contributed by atoms with Crippen molar-refractivity contribution in [2.24, 2.45) is 0 Å². The molecule has 14 rings (SSSR count). The van der Waals surface area contributed by atoms with Crippen molar-refractivity contribution in [3.05, 3.63) is 190 Å². The van der Waals surface area contributed by atoms with Crippen LogP contribution in [0.15, 0.2) is 150 Å². The second-order valence-corrected chi connectivity index (χ2v) is 28.9. The molecule has 0 saturated heterocycles. The van der Waals surface area contributed by atoms with Crippen LogP contribution in [0, 0.1) is 0 Å². The third kappa shape index (κ3) is 6.84. The summed E-state index contributed by atoms with van der Waals surface area (Å²) in [5.41, 5.74) is 26.9. The summed E-state index contributed by atoms with van der Waals surface area (Å²) in [6, 6.07) is 56.0. The van der Waals surface area contributed by atoms with E-state index in [0.29, 0.717) is 0 Å². The van der Waals surface area contributed by atoms with Crippen LogP contribution in [0.1, 0.15) is 180 Å². The van der Waals surface area contributed by atoms with Crippen LogP contribution in [0.25, 0.3) is 11.1 Å². The van der Waals surface area contributed by atoms with Crippen molar-refractivity contribution in [2.45, 2.75) is 173 Å². The quantitative estimate of drug-likeness (QED) is 0.160. The molecular formula is C73H78BN3O. The molecule has 78 heavy (non-hydrogen) atoms. The summed E-state index contributed by atoms with van der Waals surface area (Å²) in [4.78, 5) is 8.02. The van der Waals surface area contributed by atoms with Crippen LogP contribution in [-0.4, -0.2) is 6.71 Å². The Bertz CT molecular complexity index is 3760. The Morgan fingerprint density at radius 1 is 0.449 bits per heavy atom. The Morgan fingerprint density at radius 2 is 0.962 bits per heavy atom. The van der Waals surface area contributed by atoms with Gasteiger partial charge in [0.25, 0.3) is 6.71 Å². The van der Waals surface area contributed by atoms with E-state index in [1.165, 1.54) is 90.4 Å². The molecule has 0 saturated carbocycles. The lowest BCUT2D eigenvalue weighted by molar-refractivity contribution is 0.282. The summed E-state index contributed by atoms with van der Waals surface area (Å²) in [5.74, 6) is 1.15. The van der Waals surface area contributed by atoms with Gasteiger partial charge in [0.1, 0.15) is 5.76 Å². The molecule has 0 amide bonds. The second kappa shape index (κ2) is 16.2. The van der Waals surface area contributed by atoms with E-state index < -0.39 is 0 Å². The molecule has 1 aromatic heterocycles. The molecule has 0 bridgehead atoms. The molecule has 3 aliphatic heterocycles. The Morgan fingerprint density at radius 3 is 1.58 bits per heavy atom. The molecular weight excluding hydrogens is 946 g/mol. The van der Waals surface area contributed by atoms with Crippen molar-refractivity contribution >= 4 is 74.5 Å². The highest BCUT2D eigenvalue weighted by atomic mass is 16.3. The van der Waals surface area contributed by atoms with Crippen molar-refractivity contribution in [3.8, 4) is 11.1 Å². The standard InChI is InChI=1S/C73H78BN3O/c1-67(2,3)46-30-34-54(50(42-46)45-24-18-15-19-25-45)76-56-43-49(75(47-26-20-16-21-27-47)48-28-22-17-23-29-48)44-57-62(56)74(66-64(76)61-65(78-66)72(12,13)39-38-71(61,10)11)53-33-31-52-59-63(53)77(57)55-35-32-51-58(70(8,9)37-36-68(51,4)5)60(55)73(59,14)41-40-69(52,6)7/h15-35,42-44H,36-41H2,1-14H3. The molecule has 1 unspecified atom stereocenters. The largest absolute Gasteiger partial charge is 0.472 e. The van der Waals surface area contributed by atoms with E-state index in [4.69, 9.17) is 4.42 Å². The average Bonchev–Trinajstić information content (AvgIpc) is 2.53. The van der Waals surface area contributed by atoms with Gasteiger partial charge in [-0.3, -0.25) is 0 Å². The van der Waals surface area contributed by atoms with Crippen LogP contribution >= 0.6 is 0 Å². The van der Waals surface area contributed by atoms with E-state index in [2.05, 4.69) is 257 Å². The number of furan rings is 1. The Kier molecular flexibility index (Phi) is 10.3. The Hall–Kier alpha value is -6.72. The molecule has 7 aromatic carbocycles. The number of rotatable bonds is 5. The molecule has 6 aliphatic rings. The SMILES string of the molecule is CC(C)(C)c1ccc(N2c3cc(N(c4ccccc4)c4ccccc4)cc4c3B(c3ccc5c6c3N4c3ccc4c(c3C6(C)CCC5(C)C)C(C)(C)CCC4(C)C)c3oc4c(c32)C(C)(C)CCC4(C)C)c(-c2ccccc2)c1. The van der Waals surface area contributed by atoms with Gasteiger partial charge in [0, 0.05) is 50.4 Å². The predicted molar refractivity (Wildman–Crippen MR) is 331 cm³/mol. The van der Waals surface area contributed by atoms with Gasteiger partial charge < -0.3 is 19.1 Å². The topological polar surface area (TPSA) is 22.9 Å². The number of para-hydroxylation sites is 2. The van der Waals surface area contributed by atoms with Gasteiger partial charge >= 0.3 is 0 Å². The van der Waals surface area contributed by atoms with Crippen LogP contribution in [0.5, 0.6) is 0 Å². The zero-order valence-corrected chi connectivity index (χ0v) is 48.9. The number of hydrogen-bond acceptors (Lipinski definition) is 4. The van der Waals surface area contributed by atoms with E-state index in [9.17, 15) is 0 Å². The van der Waals surface area contributed by atoms with Crippen molar-refractivity contribution in [1.29, 1.82) is 0 Å².